The standard InChI is InChI=1S/C12H12ClFN2/c1-2-3-8(7-15)12(16)10-5-4-9(13)6-11(10)14/h4-6H,2-3,16H2,1H3/b12-8-. The van der Waals surface area contributed by atoms with E-state index in [-0.39, 0.29) is 11.3 Å². The van der Waals surface area contributed by atoms with Crippen molar-refractivity contribution < 1.29 is 4.39 Å². The van der Waals surface area contributed by atoms with Crippen molar-refractivity contribution >= 4 is 17.3 Å². The van der Waals surface area contributed by atoms with Crippen LogP contribution in [0.1, 0.15) is 25.3 Å². The molecule has 2 nitrogen and oxygen atoms in total. The first-order chi connectivity index (χ1) is 7.60. The molecule has 1 rings (SSSR count). The minimum atomic E-state index is -0.506. The number of halogens is 2. The van der Waals surface area contributed by atoms with Crippen LogP contribution in [0.3, 0.4) is 0 Å². The van der Waals surface area contributed by atoms with E-state index in [1.54, 1.807) is 6.07 Å². The van der Waals surface area contributed by atoms with E-state index >= 15 is 0 Å². The van der Waals surface area contributed by atoms with Crippen molar-refractivity contribution in [2.75, 3.05) is 0 Å². The third-order valence-electron chi connectivity index (χ3n) is 2.18. The van der Waals surface area contributed by atoms with Crippen LogP contribution in [0.5, 0.6) is 0 Å². The monoisotopic (exact) mass is 238 g/mol. The van der Waals surface area contributed by atoms with Crippen LogP contribution >= 0.6 is 11.6 Å². The summed E-state index contributed by atoms with van der Waals surface area (Å²) in [7, 11) is 0. The van der Waals surface area contributed by atoms with Crippen molar-refractivity contribution in [3.63, 3.8) is 0 Å². The van der Waals surface area contributed by atoms with Gasteiger partial charge in [-0.15, -0.1) is 0 Å². The van der Waals surface area contributed by atoms with Gasteiger partial charge in [-0.05, 0) is 24.6 Å². The maximum atomic E-state index is 13.5. The number of nitriles is 1. The number of rotatable bonds is 3. The number of hydrogen-bond acceptors (Lipinski definition) is 2. The molecule has 0 aromatic heterocycles. The van der Waals surface area contributed by atoms with Crippen molar-refractivity contribution in [3.8, 4) is 6.07 Å². The van der Waals surface area contributed by atoms with Gasteiger partial charge in [0, 0.05) is 10.6 Å². The molecule has 0 radical (unpaired) electrons. The molecule has 0 saturated heterocycles. The van der Waals surface area contributed by atoms with Crippen LogP contribution in [0.25, 0.3) is 5.70 Å². The van der Waals surface area contributed by atoms with Crippen molar-refractivity contribution in [2.24, 2.45) is 5.73 Å². The molecule has 16 heavy (non-hydrogen) atoms. The van der Waals surface area contributed by atoms with Crippen molar-refractivity contribution in [3.05, 3.63) is 40.2 Å². The summed E-state index contributed by atoms with van der Waals surface area (Å²) in [6.45, 7) is 1.93. The predicted molar refractivity (Wildman–Crippen MR) is 63.0 cm³/mol. The Bertz CT molecular complexity index is 461. The average molecular weight is 239 g/mol. The molecule has 0 heterocycles. The molecule has 1 aromatic carbocycles. The van der Waals surface area contributed by atoms with E-state index in [1.165, 1.54) is 12.1 Å². The number of benzene rings is 1. The fraction of sp³-hybridized carbons (Fsp3) is 0.250. The van der Waals surface area contributed by atoms with Gasteiger partial charge >= 0.3 is 0 Å². The second kappa shape index (κ2) is 5.53. The minimum Gasteiger partial charge on any atom is -0.397 e. The minimum absolute atomic E-state index is 0.193. The van der Waals surface area contributed by atoms with Crippen LogP contribution in [-0.2, 0) is 0 Å². The first-order valence-corrected chi connectivity index (χ1v) is 5.32. The van der Waals surface area contributed by atoms with E-state index in [1.807, 2.05) is 13.0 Å². The summed E-state index contributed by atoms with van der Waals surface area (Å²) >= 11 is 5.63. The Hall–Kier alpha value is -1.53. The first-order valence-electron chi connectivity index (χ1n) is 4.94. The smallest absolute Gasteiger partial charge is 0.134 e. The van der Waals surface area contributed by atoms with Gasteiger partial charge in [-0.25, -0.2) is 4.39 Å². The highest BCUT2D eigenvalue weighted by Crippen LogP contribution is 2.22. The molecular weight excluding hydrogens is 227 g/mol. The highest BCUT2D eigenvalue weighted by Gasteiger charge is 2.10. The van der Waals surface area contributed by atoms with E-state index in [9.17, 15) is 4.39 Å². The number of hydrogen-bond donors (Lipinski definition) is 1. The molecule has 0 saturated carbocycles. The molecule has 0 unspecified atom stereocenters. The van der Waals surface area contributed by atoms with Gasteiger partial charge < -0.3 is 5.73 Å². The molecule has 0 amide bonds. The zero-order valence-electron chi connectivity index (χ0n) is 8.93. The van der Waals surface area contributed by atoms with Crippen LogP contribution in [0.15, 0.2) is 23.8 Å². The van der Waals surface area contributed by atoms with E-state index in [0.29, 0.717) is 17.0 Å². The predicted octanol–water partition coefficient (Wildman–Crippen LogP) is 3.47. The molecule has 4 heteroatoms. The quantitative estimate of drug-likeness (QED) is 0.820. The van der Waals surface area contributed by atoms with Crippen LogP contribution in [-0.4, -0.2) is 0 Å². The summed E-state index contributed by atoms with van der Waals surface area (Å²) in [6.07, 6.45) is 1.34. The molecule has 0 aliphatic rings. The Labute approximate surface area is 99.1 Å². The summed E-state index contributed by atoms with van der Waals surface area (Å²) in [4.78, 5) is 0. The molecule has 0 aliphatic carbocycles. The zero-order valence-corrected chi connectivity index (χ0v) is 9.68. The van der Waals surface area contributed by atoms with Crippen molar-refractivity contribution in [1.29, 1.82) is 5.26 Å². The molecule has 0 spiro atoms. The number of nitrogens with zero attached hydrogens (tertiary/aromatic N) is 1. The van der Waals surface area contributed by atoms with Crippen LogP contribution in [0.4, 0.5) is 4.39 Å². The Kier molecular flexibility index (Phi) is 4.33. The second-order valence-corrected chi connectivity index (χ2v) is 3.81. The molecule has 84 valence electrons. The molecule has 0 atom stereocenters. The highest BCUT2D eigenvalue weighted by atomic mass is 35.5. The first kappa shape index (κ1) is 12.5. The summed E-state index contributed by atoms with van der Waals surface area (Å²) in [6, 6.07) is 6.22. The summed E-state index contributed by atoms with van der Waals surface area (Å²) in [5.41, 5.74) is 6.59. The van der Waals surface area contributed by atoms with Crippen molar-refractivity contribution in [1.82, 2.24) is 0 Å². The Morgan fingerprint density at radius 1 is 1.56 bits per heavy atom. The third-order valence-corrected chi connectivity index (χ3v) is 2.42. The van der Waals surface area contributed by atoms with Gasteiger partial charge in [0.25, 0.3) is 0 Å². The normalized spacial score (nSPS) is 11.9. The van der Waals surface area contributed by atoms with Crippen LogP contribution in [0, 0.1) is 17.1 Å². The second-order valence-electron chi connectivity index (χ2n) is 3.38. The SMILES string of the molecule is CCC/C(C#N)=C(/N)c1ccc(Cl)cc1F. The molecule has 1 aromatic rings. The third kappa shape index (κ3) is 2.74. The maximum Gasteiger partial charge on any atom is 0.134 e. The maximum absolute atomic E-state index is 13.5. The Morgan fingerprint density at radius 2 is 2.25 bits per heavy atom. The zero-order chi connectivity index (χ0) is 12.1. The molecule has 0 bridgehead atoms. The van der Waals surface area contributed by atoms with Crippen molar-refractivity contribution in [2.45, 2.75) is 19.8 Å². The Balaban J connectivity index is 3.22. The van der Waals surface area contributed by atoms with Gasteiger partial charge in [-0.2, -0.15) is 5.26 Å². The van der Waals surface area contributed by atoms with E-state index in [0.717, 1.165) is 6.42 Å². The lowest BCUT2D eigenvalue weighted by Gasteiger charge is -2.06. The summed E-state index contributed by atoms with van der Waals surface area (Å²) in [5, 5.41) is 9.21. The molecular formula is C12H12ClFN2. The van der Waals surface area contributed by atoms with Gasteiger partial charge in [-0.3, -0.25) is 0 Å². The Morgan fingerprint density at radius 3 is 2.75 bits per heavy atom. The molecule has 0 fully saturated rings. The summed E-state index contributed by atoms with van der Waals surface area (Å²) < 4.78 is 13.5. The number of nitrogens with two attached hydrogens (primary N) is 1. The van der Waals surface area contributed by atoms with Gasteiger partial charge in [0.2, 0.25) is 0 Å². The van der Waals surface area contributed by atoms with Gasteiger partial charge in [0.05, 0.1) is 17.3 Å². The van der Waals surface area contributed by atoms with Gasteiger partial charge in [0.1, 0.15) is 5.82 Å². The average Bonchev–Trinajstić information content (AvgIpc) is 2.25. The number of allylic oxidation sites excluding steroid dienone is 1. The van der Waals surface area contributed by atoms with Crippen LogP contribution in [0.2, 0.25) is 5.02 Å². The lowest BCUT2D eigenvalue weighted by atomic mass is 10.0. The fourth-order valence-electron chi connectivity index (χ4n) is 1.37. The highest BCUT2D eigenvalue weighted by molar-refractivity contribution is 6.30. The molecule has 2 N–H and O–H groups in total. The van der Waals surface area contributed by atoms with E-state index in [2.05, 4.69) is 0 Å². The fourth-order valence-corrected chi connectivity index (χ4v) is 1.53. The van der Waals surface area contributed by atoms with E-state index in [4.69, 9.17) is 22.6 Å². The van der Waals surface area contributed by atoms with Crippen LogP contribution < -0.4 is 5.73 Å². The molecule has 0 aliphatic heterocycles. The topological polar surface area (TPSA) is 49.8 Å². The summed E-state index contributed by atoms with van der Waals surface area (Å²) in [5.74, 6) is -0.506. The van der Waals surface area contributed by atoms with E-state index < -0.39 is 5.82 Å². The largest absolute Gasteiger partial charge is 0.397 e. The van der Waals surface area contributed by atoms with Gasteiger partial charge in [-0.1, -0.05) is 24.9 Å². The van der Waals surface area contributed by atoms with Gasteiger partial charge in [0.15, 0.2) is 0 Å². The lowest BCUT2D eigenvalue weighted by Crippen LogP contribution is -2.03. The lowest BCUT2D eigenvalue weighted by molar-refractivity contribution is 0.623.